The first-order chi connectivity index (χ1) is 16.3. The predicted molar refractivity (Wildman–Crippen MR) is 128 cm³/mol. The van der Waals surface area contributed by atoms with Gasteiger partial charge < -0.3 is 15.2 Å². The van der Waals surface area contributed by atoms with E-state index in [1.54, 1.807) is 37.9 Å². The number of methoxy groups -OCH3 is 1. The van der Waals surface area contributed by atoms with E-state index >= 15 is 0 Å². The number of rotatable bonds is 6. The highest BCUT2D eigenvalue weighted by molar-refractivity contribution is 5.89. The molecular weight excluding hydrogens is 437 g/mol. The van der Waals surface area contributed by atoms with Crippen LogP contribution in [0.4, 0.5) is 10.3 Å². The van der Waals surface area contributed by atoms with Gasteiger partial charge in [-0.15, -0.1) is 5.10 Å². The third-order valence-corrected chi connectivity index (χ3v) is 6.00. The zero-order chi connectivity index (χ0) is 23.9. The number of hydrogen-bond donors (Lipinski definition) is 2. The van der Waals surface area contributed by atoms with Crippen LogP contribution >= 0.6 is 0 Å². The molecule has 5 rings (SSSR count). The van der Waals surface area contributed by atoms with Gasteiger partial charge in [0.1, 0.15) is 11.7 Å². The van der Waals surface area contributed by atoms with Gasteiger partial charge in [-0.05, 0) is 44.0 Å². The second-order valence-corrected chi connectivity index (χ2v) is 9.33. The molecule has 1 aliphatic heterocycles. The molecule has 1 saturated heterocycles. The van der Waals surface area contributed by atoms with Gasteiger partial charge >= 0.3 is 0 Å². The van der Waals surface area contributed by atoms with Gasteiger partial charge in [0.15, 0.2) is 0 Å². The maximum Gasteiger partial charge on any atom is 0.244 e. The number of aliphatic hydroxyl groups is 1. The van der Waals surface area contributed by atoms with Crippen LogP contribution < -0.4 is 10.1 Å². The maximum absolute atomic E-state index is 14.9. The zero-order valence-corrected chi connectivity index (χ0v) is 19.4. The van der Waals surface area contributed by atoms with Gasteiger partial charge in [0.05, 0.1) is 29.8 Å². The minimum Gasteiger partial charge on any atom is -0.479 e. The number of piperidine rings is 1. The molecule has 1 fully saturated rings. The van der Waals surface area contributed by atoms with E-state index in [0.29, 0.717) is 36.9 Å². The van der Waals surface area contributed by atoms with Gasteiger partial charge in [-0.3, -0.25) is 14.9 Å². The van der Waals surface area contributed by atoms with Crippen LogP contribution in [-0.4, -0.2) is 79.1 Å². The van der Waals surface area contributed by atoms with Crippen LogP contribution in [0, 0.1) is 0 Å². The Bertz CT molecular complexity index is 1320. The number of aromatic nitrogens is 5. The summed E-state index contributed by atoms with van der Waals surface area (Å²) < 4.78 is 22.2. The third-order valence-electron chi connectivity index (χ3n) is 6.00. The van der Waals surface area contributed by atoms with E-state index in [1.807, 2.05) is 35.4 Å². The molecule has 0 radical (unpaired) electrons. The van der Waals surface area contributed by atoms with Crippen LogP contribution in [-0.2, 0) is 0 Å². The number of hydrogen-bond acceptors (Lipinski definition) is 8. The van der Waals surface area contributed by atoms with Crippen LogP contribution in [0.25, 0.3) is 27.7 Å². The summed E-state index contributed by atoms with van der Waals surface area (Å²) in [6, 6.07) is 7.40. The lowest BCUT2D eigenvalue weighted by atomic mass is 10.0. The summed E-state index contributed by atoms with van der Waals surface area (Å²) >= 11 is 0. The minimum absolute atomic E-state index is 0.250. The minimum atomic E-state index is -1.11. The van der Waals surface area contributed by atoms with Crippen molar-refractivity contribution in [3.63, 3.8) is 0 Å². The predicted octanol–water partition coefficient (Wildman–Crippen LogP) is 2.94. The molecule has 0 aliphatic carbocycles. The standard InChI is InChI=1S/C24H28FN7O2/c1-24(2,33)14-31-10-7-18(17(25)13-31)28-23-29-22(34-3)21-16(6-11-32(21)30-23)15-4-5-19-20(12-15)27-9-8-26-19/h4-6,8-9,11-12,17-18,33H,7,10,13-14H2,1-3H3,(H,28,30)/t17-,18+/m1/s1. The summed E-state index contributed by atoms with van der Waals surface area (Å²) in [6.45, 7) is 4.83. The molecule has 0 spiro atoms. The Morgan fingerprint density at radius 2 is 2.00 bits per heavy atom. The highest BCUT2D eigenvalue weighted by Crippen LogP contribution is 2.32. The Morgan fingerprint density at radius 1 is 1.21 bits per heavy atom. The van der Waals surface area contributed by atoms with Gasteiger partial charge in [0.2, 0.25) is 11.8 Å². The Hall–Kier alpha value is -3.37. The molecule has 34 heavy (non-hydrogen) atoms. The Balaban J connectivity index is 1.40. The quantitative estimate of drug-likeness (QED) is 0.448. The second-order valence-electron chi connectivity index (χ2n) is 9.33. The van der Waals surface area contributed by atoms with Crippen LogP contribution in [0.3, 0.4) is 0 Å². The van der Waals surface area contributed by atoms with Crippen molar-refractivity contribution in [1.82, 2.24) is 29.5 Å². The summed E-state index contributed by atoms with van der Waals surface area (Å²) in [5.74, 6) is 0.700. The van der Waals surface area contributed by atoms with E-state index in [9.17, 15) is 9.50 Å². The first-order valence-electron chi connectivity index (χ1n) is 11.3. The summed E-state index contributed by atoms with van der Waals surface area (Å²) in [6.07, 6.45) is 4.63. The molecule has 2 N–H and O–H groups in total. The molecular formula is C24H28FN7O2. The third kappa shape index (κ3) is 4.51. The first-order valence-corrected chi connectivity index (χ1v) is 11.3. The molecule has 0 saturated carbocycles. The molecule has 178 valence electrons. The normalized spacial score (nSPS) is 19.6. The number of halogens is 1. The van der Waals surface area contributed by atoms with Crippen LogP contribution in [0.1, 0.15) is 20.3 Å². The van der Waals surface area contributed by atoms with Crippen molar-refractivity contribution in [2.75, 3.05) is 32.1 Å². The lowest BCUT2D eigenvalue weighted by Crippen LogP contribution is -2.51. The van der Waals surface area contributed by atoms with Crippen molar-refractivity contribution in [3.05, 3.63) is 42.9 Å². The highest BCUT2D eigenvalue weighted by Gasteiger charge is 2.32. The smallest absolute Gasteiger partial charge is 0.244 e. The van der Waals surface area contributed by atoms with E-state index in [-0.39, 0.29) is 6.54 Å². The number of benzene rings is 1. The Labute approximate surface area is 196 Å². The molecule has 3 aromatic heterocycles. The fourth-order valence-electron chi connectivity index (χ4n) is 4.55. The van der Waals surface area contributed by atoms with Gasteiger partial charge in [-0.25, -0.2) is 8.91 Å². The van der Waals surface area contributed by atoms with E-state index in [1.165, 1.54) is 0 Å². The van der Waals surface area contributed by atoms with Crippen molar-refractivity contribution < 1.29 is 14.2 Å². The van der Waals surface area contributed by atoms with Crippen molar-refractivity contribution in [3.8, 4) is 17.0 Å². The number of alkyl halides is 1. The first kappa shape index (κ1) is 22.4. The monoisotopic (exact) mass is 465 g/mol. The number of likely N-dealkylation sites (tertiary alicyclic amines) is 1. The molecule has 4 heterocycles. The number of fused-ring (bicyclic) bond motifs is 2. The SMILES string of the molecule is COc1nc(N[C@H]2CCN(CC(C)(C)O)C[C@H]2F)nn2ccc(-c3ccc4nccnc4c3)c12. The molecule has 1 aromatic carbocycles. The molecule has 9 nitrogen and oxygen atoms in total. The number of ether oxygens (including phenoxy) is 1. The number of nitrogens with zero attached hydrogens (tertiary/aromatic N) is 6. The van der Waals surface area contributed by atoms with Crippen molar-refractivity contribution in [2.45, 2.75) is 38.1 Å². The molecule has 0 bridgehead atoms. The lowest BCUT2D eigenvalue weighted by molar-refractivity contribution is 0.0147. The van der Waals surface area contributed by atoms with Crippen LogP contribution in [0.15, 0.2) is 42.9 Å². The van der Waals surface area contributed by atoms with Crippen molar-refractivity contribution >= 4 is 22.5 Å². The van der Waals surface area contributed by atoms with Crippen LogP contribution in [0.2, 0.25) is 0 Å². The van der Waals surface area contributed by atoms with E-state index in [4.69, 9.17) is 4.74 Å². The lowest BCUT2D eigenvalue weighted by Gasteiger charge is -2.37. The van der Waals surface area contributed by atoms with E-state index in [2.05, 4.69) is 25.4 Å². The van der Waals surface area contributed by atoms with Crippen molar-refractivity contribution in [2.24, 2.45) is 0 Å². The molecule has 10 heteroatoms. The second kappa shape index (κ2) is 8.77. The molecule has 2 atom stereocenters. The summed E-state index contributed by atoms with van der Waals surface area (Å²) in [4.78, 5) is 15.2. The van der Waals surface area contributed by atoms with Gasteiger partial charge in [-0.2, -0.15) is 4.98 Å². The van der Waals surface area contributed by atoms with E-state index in [0.717, 1.165) is 22.2 Å². The average Bonchev–Trinajstić information content (AvgIpc) is 3.23. The molecule has 0 unspecified atom stereocenters. The Kier molecular flexibility index (Phi) is 5.78. The molecule has 0 amide bonds. The van der Waals surface area contributed by atoms with Crippen molar-refractivity contribution in [1.29, 1.82) is 0 Å². The average molecular weight is 466 g/mol. The van der Waals surface area contributed by atoms with Gasteiger partial charge in [0.25, 0.3) is 0 Å². The Morgan fingerprint density at radius 3 is 2.74 bits per heavy atom. The van der Waals surface area contributed by atoms with Gasteiger partial charge in [0, 0.05) is 43.8 Å². The summed E-state index contributed by atoms with van der Waals surface area (Å²) in [5, 5.41) is 17.7. The zero-order valence-electron chi connectivity index (χ0n) is 19.4. The number of β-amino-alcohol motifs (C(OH)–C–C–N with tert-alkyl or cyclic N) is 1. The molecule has 4 aromatic rings. The summed E-state index contributed by atoms with van der Waals surface area (Å²) in [5.41, 5.74) is 3.32. The fraction of sp³-hybridized carbons (Fsp3) is 0.417. The van der Waals surface area contributed by atoms with Gasteiger partial charge in [-0.1, -0.05) is 6.07 Å². The largest absolute Gasteiger partial charge is 0.479 e. The number of anilines is 1. The molecule has 1 aliphatic rings. The maximum atomic E-state index is 14.9. The highest BCUT2D eigenvalue weighted by atomic mass is 19.1. The number of nitrogens with one attached hydrogen (secondary N) is 1. The van der Waals surface area contributed by atoms with E-state index < -0.39 is 17.8 Å². The van der Waals surface area contributed by atoms with Crippen LogP contribution in [0.5, 0.6) is 5.88 Å². The summed E-state index contributed by atoms with van der Waals surface area (Å²) in [7, 11) is 1.56. The topological polar surface area (TPSA) is 101 Å². The fourth-order valence-corrected chi connectivity index (χ4v) is 4.55.